The number of rotatable bonds is 3. The van der Waals surface area contributed by atoms with Crippen LogP contribution >= 0.6 is 0 Å². The maximum absolute atomic E-state index is 11.8. The number of amides is 1. The maximum atomic E-state index is 11.8. The van der Waals surface area contributed by atoms with Gasteiger partial charge in [-0.2, -0.15) is 0 Å². The van der Waals surface area contributed by atoms with Gasteiger partial charge in [0.15, 0.2) is 0 Å². The van der Waals surface area contributed by atoms with E-state index in [1.165, 1.54) is 12.1 Å². The standard InChI is InChI=1S/C14H17NO2/c16-13-8-6-12(7-9-13)14(17)15-10-11-4-2-1-3-5-11/h1-2,6-9,11,16H,3-5,10H2,(H,15,17). The van der Waals surface area contributed by atoms with E-state index in [9.17, 15) is 4.79 Å². The first-order valence-electron chi connectivity index (χ1n) is 5.98. The van der Waals surface area contributed by atoms with Crippen molar-refractivity contribution < 1.29 is 9.90 Å². The largest absolute Gasteiger partial charge is 0.508 e. The Morgan fingerprint density at radius 3 is 2.71 bits per heavy atom. The second-order valence-electron chi connectivity index (χ2n) is 4.41. The molecule has 1 unspecified atom stereocenters. The second-order valence-corrected chi connectivity index (χ2v) is 4.41. The lowest BCUT2D eigenvalue weighted by Gasteiger charge is -2.18. The molecule has 1 aromatic rings. The van der Waals surface area contributed by atoms with Gasteiger partial charge in [0.1, 0.15) is 5.75 Å². The Morgan fingerprint density at radius 2 is 2.06 bits per heavy atom. The number of carbonyl (C=O) groups is 1. The molecule has 2 N–H and O–H groups in total. The van der Waals surface area contributed by atoms with E-state index in [0.717, 1.165) is 25.8 Å². The summed E-state index contributed by atoms with van der Waals surface area (Å²) in [7, 11) is 0. The maximum Gasteiger partial charge on any atom is 0.251 e. The van der Waals surface area contributed by atoms with Crippen LogP contribution in [0.25, 0.3) is 0 Å². The van der Waals surface area contributed by atoms with Crippen molar-refractivity contribution in [1.29, 1.82) is 0 Å². The number of benzene rings is 1. The summed E-state index contributed by atoms with van der Waals surface area (Å²) in [6.45, 7) is 0.726. The van der Waals surface area contributed by atoms with Crippen molar-refractivity contribution in [2.75, 3.05) is 6.54 Å². The van der Waals surface area contributed by atoms with E-state index in [1.54, 1.807) is 12.1 Å². The molecule has 0 aromatic heterocycles. The van der Waals surface area contributed by atoms with E-state index in [2.05, 4.69) is 17.5 Å². The highest BCUT2D eigenvalue weighted by atomic mass is 16.3. The Kier molecular flexibility index (Phi) is 3.81. The van der Waals surface area contributed by atoms with Crippen LogP contribution in [0.15, 0.2) is 36.4 Å². The third-order valence-electron chi connectivity index (χ3n) is 3.06. The molecule has 1 aliphatic rings. The van der Waals surface area contributed by atoms with Crippen LogP contribution in [0.3, 0.4) is 0 Å². The molecule has 3 heteroatoms. The van der Waals surface area contributed by atoms with E-state index < -0.39 is 0 Å². The van der Waals surface area contributed by atoms with Gasteiger partial charge in [-0.1, -0.05) is 12.2 Å². The average molecular weight is 231 g/mol. The predicted octanol–water partition coefficient (Wildman–Crippen LogP) is 2.48. The van der Waals surface area contributed by atoms with E-state index in [4.69, 9.17) is 5.11 Å². The zero-order chi connectivity index (χ0) is 12.1. The smallest absolute Gasteiger partial charge is 0.251 e. The van der Waals surface area contributed by atoms with Crippen molar-refractivity contribution in [3.63, 3.8) is 0 Å². The van der Waals surface area contributed by atoms with Gasteiger partial charge < -0.3 is 10.4 Å². The van der Waals surface area contributed by atoms with Crippen LogP contribution in [0.4, 0.5) is 0 Å². The van der Waals surface area contributed by atoms with E-state index in [0.29, 0.717) is 11.5 Å². The highest BCUT2D eigenvalue weighted by molar-refractivity contribution is 5.94. The summed E-state index contributed by atoms with van der Waals surface area (Å²) in [5.74, 6) is 0.666. The number of hydrogen-bond acceptors (Lipinski definition) is 2. The Balaban J connectivity index is 1.84. The molecule has 0 saturated heterocycles. The third-order valence-corrected chi connectivity index (χ3v) is 3.06. The molecule has 17 heavy (non-hydrogen) atoms. The molecule has 0 bridgehead atoms. The summed E-state index contributed by atoms with van der Waals surface area (Å²) in [6, 6.07) is 6.31. The first-order chi connectivity index (χ1) is 8.25. The minimum Gasteiger partial charge on any atom is -0.508 e. The minimum atomic E-state index is -0.0699. The predicted molar refractivity (Wildman–Crippen MR) is 66.9 cm³/mol. The lowest BCUT2D eigenvalue weighted by atomic mass is 9.94. The number of aromatic hydroxyl groups is 1. The molecule has 0 aliphatic heterocycles. The summed E-state index contributed by atoms with van der Waals surface area (Å²) in [5.41, 5.74) is 0.592. The van der Waals surface area contributed by atoms with Gasteiger partial charge in [0.05, 0.1) is 0 Å². The Labute approximate surface area is 101 Å². The lowest BCUT2D eigenvalue weighted by molar-refractivity contribution is 0.0946. The molecule has 3 nitrogen and oxygen atoms in total. The number of phenols is 1. The van der Waals surface area contributed by atoms with Crippen LogP contribution in [0, 0.1) is 5.92 Å². The number of carbonyl (C=O) groups excluding carboxylic acids is 1. The zero-order valence-corrected chi connectivity index (χ0v) is 9.73. The van der Waals surface area contributed by atoms with Gasteiger partial charge in [-0.05, 0) is 49.4 Å². The fraction of sp³-hybridized carbons (Fsp3) is 0.357. The molecule has 1 amide bonds. The van der Waals surface area contributed by atoms with Crippen molar-refractivity contribution >= 4 is 5.91 Å². The number of hydrogen-bond donors (Lipinski definition) is 2. The number of phenolic OH excluding ortho intramolecular Hbond substituents is 1. The van der Waals surface area contributed by atoms with Gasteiger partial charge in [0.2, 0.25) is 0 Å². The van der Waals surface area contributed by atoms with Crippen LogP contribution in [-0.4, -0.2) is 17.6 Å². The molecule has 1 atom stereocenters. The molecule has 1 aromatic carbocycles. The molecular formula is C14H17NO2. The monoisotopic (exact) mass is 231 g/mol. The fourth-order valence-electron chi connectivity index (χ4n) is 1.99. The zero-order valence-electron chi connectivity index (χ0n) is 9.73. The van der Waals surface area contributed by atoms with Crippen molar-refractivity contribution in [1.82, 2.24) is 5.32 Å². The van der Waals surface area contributed by atoms with Crippen LogP contribution in [0.2, 0.25) is 0 Å². The normalized spacial score (nSPS) is 18.9. The highest BCUT2D eigenvalue weighted by Gasteiger charge is 2.12. The molecule has 0 fully saturated rings. The van der Waals surface area contributed by atoms with Gasteiger partial charge in [-0.3, -0.25) is 4.79 Å². The van der Waals surface area contributed by atoms with Gasteiger partial charge in [0, 0.05) is 12.1 Å². The molecular weight excluding hydrogens is 214 g/mol. The van der Waals surface area contributed by atoms with E-state index >= 15 is 0 Å². The van der Waals surface area contributed by atoms with Crippen molar-refractivity contribution in [2.24, 2.45) is 5.92 Å². The molecule has 0 spiro atoms. The SMILES string of the molecule is O=C(NCC1CC=CCC1)c1ccc(O)cc1. The Bertz CT molecular complexity index is 409. The second kappa shape index (κ2) is 5.53. The van der Waals surface area contributed by atoms with Crippen LogP contribution in [-0.2, 0) is 0 Å². The first kappa shape index (κ1) is 11.7. The van der Waals surface area contributed by atoms with Crippen LogP contribution < -0.4 is 5.32 Å². The van der Waals surface area contributed by atoms with E-state index in [1.807, 2.05) is 0 Å². The summed E-state index contributed by atoms with van der Waals surface area (Å²) in [6.07, 6.45) is 7.68. The topological polar surface area (TPSA) is 49.3 Å². The molecule has 0 heterocycles. The van der Waals surface area contributed by atoms with E-state index in [-0.39, 0.29) is 11.7 Å². The van der Waals surface area contributed by atoms with Crippen LogP contribution in [0.5, 0.6) is 5.75 Å². The minimum absolute atomic E-state index is 0.0699. The third kappa shape index (κ3) is 3.34. The lowest BCUT2D eigenvalue weighted by Crippen LogP contribution is -2.29. The van der Waals surface area contributed by atoms with Crippen LogP contribution in [0.1, 0.15) is 29.6 Å². The fourth-order valence-corrected chi connectivity index (χ4v) is 1.99. The summed E-state index contributed by atoms with van der Waals surface area (Å²) < 4.78 is 0. The summed E-state index contributed by atoms with van der Waals surface area (Å²) >= 11 is 0. The van der Waals surface area contributed by atoms with Gasteiger partial charge >= 0.3 is 0 Å². The molecule has 2 rings (SSSR count). The van der Waals surface area contributed by atoms with Gasteiger partial charge in [-0.25, -0.2) is 0 Å². The van der Waals surface area contributed by atoms with Gasteiger partial charge in [0.25, 0.3) is 5.91 Å². The molecule has 1 aliphatic carbocycles. The quantitative estimate of drug-likeness (QED) is 0.785. The highest BCUT2D eigenvalue weighted by Crippen LogP contribution is 2.17. The van der Waals surface area contributed by atoms with Gasteiger partial charge in [-0.15, -0.1) is 0 Å². The average Bonchev–Trinajstić information content (AvgIpc) is 2.38. The van der Waals surface area contributed by atoms with Crippen molar-refractivity contribution in [2.45, 2.75) is 19.3 Å². The first-order valence-corrected chi connectivity index (χ1v) is 5.98. The Hall–Kier alpha value is -1.77. The molecule has 0 radical (unpaired) electrons. The summed E-state index contributed by atoms with van der Waals surface area (Å²) in [4.78, 5) is 11.8. The number of nitrogens with one attached hydrogen (secondary N) is 1. The summed E-state index contributed by atoms with van der Waals surface area (Å²) in [5, 5.41) is 12.1. The Morgan fingerprint density at radius 1 is 1.29 bits per heavy atom. The van der Waals surface area contributed by atoms with Crippen molar-refractivity contribution in [3.05, 3.63) is 42.0 Å². The molecule has 90 valence electrons. The molecule has 0 saturated carbocycles. The van der Waals surface area contributed by atoms with Crippen molar-refractivity contribution in [3.8, 4) is 5.75 Å². The number of allylic oxidation sites excluding steroid dienone is 2.